The lowest BCUT2D eigenvalue weighted by atomic mass is 10.1. The molecule has 1 aliphatic rings. The van der Waals surface area contributed by atoms with E-state index in [0.717, 1.165) is 12.8 Å². The van der Waals surface area contributed by atoms with E-state index in [1.807, 2.05) is 6.92 Å². The van der Waals surface area contributed by atoms with Gasteiger partial charge in [0, 0.05) is 19.0 Å². The third-order valence-corrected chi connectivity index (χ3v) is 2.99. The molecule has 1 rings (SSSR count). The Morgan fingerprint density at radius 1 is 1.50 bits per heavy atom. The highest BCUT2D eigenvalue weighted by Crippen LogP contribution is 2.45. The van der Waals surface area contributed by atoms with Crippen LogP contribution in [0.1, 0.15) is 39.0 Å². The van der Waals surface area contributed by atoms with Crippen molar-refractivity contribution >= 4 is 11.9 Å². The zero-order valence-electron chi connectivity index (χ0n) is 9.66. The number of hydrogen-bond donors (Lipinski definition) is 3. The van der Waals surface area contributed by atoms with Crippen LogP contribution in [0.25, 0.3) is 0 Å². The van der Waals surface area contributed by atoms with E-state index in [1.165, 1.54) is 0 Å². The molecule has 0 bridgehead atoms. The molecule has 0 spiro atoms. The minimum atomic E-state index is -0.802. The summed E-state index contributed by atoms with van der Waals surface area (Å²) in [6.45, 7) is 2.17. The summed E-state index contributed by atoms with van der Waals surface area (Å²) >= 11 is 0. The van der Waals surface area contributed by atoms with Crippen LogP contribution in [0.2, 0.25) is 0 Å². The molecule has 0 radical (unpaired) electrons. The van der Waals surface area contributed by atoms with Gasteiger partial charge >= 0.3 is 5.97 Å². The third-order valence-electron chi connectivity index (χ3n) is 2.99. The van der Waals surface area contributed by atoms with E-state index in [9.17, 15) is 9.59 Å². The predicted octanol–water partition coefficient (Wildman–Crippen LogP) is 0.485. The number of carbonyl (C=O) groups excluding carboxylic acids is 1. The molecule has 0 heterocycles. The smallest absolute Gasteiger partial charge is 0.311 e. The largest absolute Gasteiger partial charge is 0.481 e. The molecule has 5 heteroatoms. The predicted molar refractivity (Wildman–Crippen MR) is 59.8 cm³/mol. The van der Waals surface area contributed by atoms with Crippen molar-refractivity contribution in [1.82, 2.24) is 5.32 Å². The zero-order chi connectivity index (χ0) is 12.2. The quantitative estimate of drug-likeness (QED) is 0.591. The molecule has 1 aliphatic carbocycles. The van der Waals surface area contributed by atoms with Crippen molar-refractivity contribution in [3.05, 3.63) is 0 Å². The molecule has 0 aromatic carbocycles. The van der Waals surface area contributed by atoms with E-state index in [-0.39, 0.29) is 18.5 Å². The number of amides is 1. The van der Waals surface area contributed by atoms with Crippen LogP contribution in [-0.4, -0.2) is 29.6 Å². The highest BCUT2D eigenvalue weighted by atomic mass is 16.4. The second-order valence-electron chi connectivity index (χ2n) is 4.73. The van der Waals surface area contributed by atoms with Gasteiger partial charge in [-0.05, 0) is 32.6 Å². The van der Waals surface area contributed by atoms with Gasteiger partial charge < -0.3 is 16.2 Å². The van der Waals surface area contributed by atoms with E-state index < -0.39 is 11.4 Å². The van der Waals surface area contributed by atoms with Crippen molar-refractivity contribution in [2.75, 3.05) is 6.54 Å². The van der Waals surface area contributed by atoms with Crippen LogP contribution in [0.5, 0.6) is 0 Å². The highest BCUT2D eigenvalue weighted by molar-refractivity contribution is 5.80. The average Bonchev–Trinajstić information content (AvgIpc) is 2.95. The first-order valence-electron chi connectivity index (χ1n) is 5.72. The second kappa shape index (κ2) is 5.30. The third kappa shape index (κ3) is 3.81. The van der Waals surface area contributed by atoms with Gasteiger partial charge in [0.2, 0.25) is 5.91 Å². The number of rotatable bonds is 7. The second-order valence-corrected chi connectivity index (χ2v) is 4.73. The molecular formula is C11H20N2O3. The van der Waals surface area contributed by atoms with E-state index in [1.54, 1.807) is 0 Å². The van der Waals surface area contributed by atoms with Gasteiger partial charge in [0.05, 0.1) is 5.41 Å². The summed E-state index contributed by atoms with van der Waals surface area (Å²) < 4.78 is 0. The number of nitrogens with one attached hydrogen (secondary N) is 1. The molecule has 5 nitrogen and oxygen atoms in total. The molecule has 16 heavy (non-hydrogen) atoms. The standard InChI is InChI=1S/C11H20N2O3/c1-8(12)3-2-4-9(14)13-7-11(5-6-11)10(15)16/h8H,2-7,12H2,1H3,(H,13,14)(H,15,16). The maximum atomic E-state index is 11.4. The average molecular weight is 228 g/mol. The topological polar surface area (TPSA) is 92.4 Å². The molecule has 4 N–H and O–H groups in total. The minimum absolute atomic E-state index is 0.0758. The molecule has 1 amide bonds. The normalized spacial score (nSPS) is 18.9. The first-order chi connectivity index (χ1) is 7.46. The zero-order valence-corrected chi connectivity index (χ0v) is 9.66. The number of carboxylic acids is 1. The van der Waals surface area contributed by atoms with Gasteiger partial charge in [-0.2, -0.15) is 0 Å². The van der Waals surface area contributed by atoms with Crippen LogP contribution in [-0.2, 0) is 9.59 Å². The van der Waals surface area contributed by atoms with Gasteiger partial charge in [0.1, 0.15) is 0 Å². The van der Waals surface area contributed by atoms with Crippen molar-refractivity contribution in [2.24, 2.45) is 11.1 Å². The van der Waals surface area contributed by atoms with Crippen molar-refractivity contribution in [3.63, 3.8) is 0 Å². The summed E-state index contributed by atoms with van der Waals surface area (Å²) in [6, 6.07) is 0.113. The fourth-order valence-corrected chi connectivity index (χ4v) is 1.56. The molecule has 1 unspecified atom stereocenters. The number of nitrogens with two attached hydrogens (primary N) is 1. The Kier molecular flexibility index (Phi) is 4.29. The van der Waals surface area contributed by atoms with Crippen molar-refractivity contribution < 1.29 is 14.7 Å². The van der Waals surface area contributed by atoms with E-state index in [2.05, 4.69) is 5.32 Å². The molecule has 1 saturated carbocycles. The van der Waals surface area contributed by atoms with Gasteiger partial charge in [0.15, 0.2) is 0 Å². The summed E-state index contributed by atoms with van der Waals surface area (Å²) in [5, 5.41) is 11.6. The molecule has 1 fully saturated rings. The SMILES string of the molecule is CC(N)CCCC(=O)NCC1(C(=O)O)CC1. The van der Waals surface area contributed by atoms with E-state index in [0.29, 0.717) is 19.3 Å². The lowest BCUT2D eigenvalue weighted by Crippen LogP contribution is -2.34. The van der Waals surface area contributed by atoms with Crippen LogP contribution in [0.15, 0.2) is 0 Å². The Labute approximate surface area is 95.4 Å². The minimum Gasteiger partial charge on any atom is -0.481 e. The Balaban J connectivity index is 2.13. The van der Waals surface area contributed by atoms with E-state index in [4.69, 9.17) is 10.8 Å². The van der Waals surface area contributed by atoms with Crippen molar-refractivity contribution in [3.8, 4) is 0 Å². The Morgan fingerprint density at radius 3 is 2.56 bits per heavy atom. The molecule has 0 aromatic rings. The fourth-order valence-electron chi connectivity index (χ4n) is 1.56. The molecular weight excluding hydrogens is 208 g/mol. The first-order valence-corrected chi connectivity index (χ1v) is 5.72. The summed E-state index contributed by atoms with van der Waals surface area (Å²) in [4.78, 5) is 22.2. The van der Waals surface area contributed by atoms with Crippen LogP contribution in [0, 0.1) is 5.41 Å². The lowest BCUT2D eigenvalue weighted by Gasteiger charge is -2.11. The van der Waals surface area contributed by atoms with Crippen LogP contribution in [0.4, 0.5) is 0 Å². The van der Waals surface area contributed by atoms with Crippen LogP contribution in [0.3, 0.4) is 0 Å². The Morgan fingerprint density at radius 2 is 2.12 bits per heavy atom. The van der Waals surface area contributed by atoms with E-state index >= 15 is 0 Å². The molecule has 1 atom stereocenters. The molecule has 0 saturated heterocycles. The van der Waals surface area contributed by atoms with Gasteiger partial charge in [-0.15, -0.1) is 0 Å². The molecule has 0 aromatic heterocycles. The van der Waals surface area contributed by atoms with Crippen molar-refractivity contribution in [2.45, 2.75) is 45.1 Å². The van der Waals surface area contributed by atoms with Gasteiger partial charge in [0.25, 0.3) is 0 Å². The number of hydrogen-bond acceptors (Lipinski definition) is 3. The van der Waals surface area contributed by atoms with Crippen LogP contribution >= 0.6 is 0 Å². The number of carbonyl (C=O) groups is 2. The van der Waals surface area contributed by atoms with Gasteiger partial charge in [-0.3, -0.25) is 9.59 Å². The summed E-state index contributed by atoms with van der Waals surface area (Å²) in [5.74, 6) is -0.878. The Bertz CT molecular complexity index is 272. The van der Waals surface area contributed by atoms with Crippen LogP contribution < -0.4 is 11.1 Å². The number of aliphatic carboxylic acids is 1. The first kappa shape index (κ1) is 13.0. The summed E-state index contributed by atoms with van der Waals surface area (Å²) in [5.41, 5.74) is 4.89. The molecule has 92 valence electrons. The van der Waals surface area contributed by atoms with Crippen molar-refractivity contribution in [1.29, 1.82) is 0 Å². The van der Waals surface area contributed by atoms with Gasteiger partial charge in [-0.25, -0.2) is 0 Å². The fraction of sp³-hybridized carbons (Fsp3) is 0.818. The lowest BCUT2D eigenvalue weighted by molar-refractivity contribution is -0.143. The maximum Gasteiger partial charge on any atom is 0.311 e. The molecule has 0 aliphatic heterocycles. The maximum absolute atomic E-state index is 11.4. The summed E-state index contributed by atoms with van der Waals surface area (Å²) in [7, 11) is 0. The summed E-state index contributed by atoms with van der Waals surface area (Å²) in [6.07, 6.45) is 3.34. The highest BCUT2D eigenvalue weighted by Gasteiger charge is 2.50. The monoisotopic (exact) mass is 228 g/mol. The Hall–Kier alpha value is -1.10. The number of carboxylic acid groups (broad SMARTS) is 1. The van der Waals surface area contributed by atoms with Gasteiger partial charge in [-0.1, -0.05) is 0 Å².